The minimum atomic E-state index is -0.489. The molecule has 10 rings (SSSR count). The van der Waals surface area contributed by atoms with Crippen LogP contribution in [0.25, 0.3) is 101 Å². The predicted octanol–water partition coefficient (Wildman–Crippen LogP) is 15.8. The number of aromatic nitrogens is 8. The molecule has 4 aliphatic heterocycles. The lowest BCUT2D eigenvalue weighted by Gasteiger charge is -2.20. The van der Waals surface area contributed by atoms with Gasteiger partial charge >= 0.3 is 23.9 Å². The number of esters is 4. The number of nitrogens with one attached hydrogen (secondary N) is 4. The van der Waals surface area contributed by atoms with Crippen LogP contribution in [0.3, 0.4) is 0 Å². The van der Waals surface area contributed by atoms with Crippen LogP contribution < -0.4 is 0 Å². The third kappa shape index (κ3) is 12.2. The Kier molecular flexibility index (Phi) is 18.1. The molecule has 0 saturated heterocycles. The fraction of sp³-hybridized carbons (Fsp3) is 0.333. The standard InChI is InChI=1S/C72H78N8O9/c1-17-45-35(3)55-31-65-71(41(9)57(79-65)27-51-37(5)47(19-23-67(81)85-13)61(75-51)33-63-49(21-25-69(83)87-15)39(7)53(77-63)29-59(45)73-55)43(11)89-44(12)72-42(10)58-28-52-38(6)48(20-24-68(82)86-14)62(76-52)34-64-50(22-26-70(84)88-16)40(8)54(78-64)30-60-46(18-2)36(4)56(74-60)32-66(72)80-58/h17-18,27-34,43-44,73-74,79-80H,1-2,19-26H2,3-16H3. The van der Waals surface area contributed by atoms with Gasteiger partial charge in [-0.3, -0.25) is 19.2 Å². The van der Waals surface area contributed by atoms with Crippen LogP contribution in [0.4, 0.5) is 0 Å². The Morgan fingerprint density at radius 3 is 0.910 bits per heavy atom. The molecule has 0 spiro atoms. The highest BCUT2D eigenvalue weighted by atomic mass is 16.5. The zero-order valence-electron chi connectivity index (χ0n) is 53.5. The van der Waals surface area contributed by atoms with Gasteiger partial charge in [-0.2, -0.15) is 0 Å². The summed E-state index contributed by atoms with van der Waals surface area (Å²) in [5, 5.41) is 0. The van der Waals surface area contributed by atoms with Crippen LogP contribution in [0, 0.1) is 27.7 Å². The van der Waals surface area contributed by atoms with Gasteiger partial charge < -0.3 is 43.6 Å². The summed E-state index contributed by atoms with van der Waals surface area (Å²) in [6.07, 6.45) is 4.95. The number of rotatable bonds is 18. The zero-order chi connectivity index (χ0) is 63.9. The SMILES string of the molecule is C=Cc1c(C)c2cc3[nH]c(cc4nc(cc5nc(cc1[nH]2)C(C)=C5CCC(=O)OC)C(CCC(=O)OC)=C4C)c(C)c3C(C)OC(C)c1c(C)c2cc3nc(cc4nc(cc5[nH]c(cc1[nH]2)c(C)c5C=C)C(C)=C4CCC(=O)OC)C(CCC(=O)OC)=C3C. The number of hydrogen-bond donors (Lipinski definition) is 4. The minimum Gasteiger partial charge on any atom is -0.469 e. The van der Waals surface area contributed by atoms with Crippen LogP contribution in [0.5, 0.6) is 0 Å². The van der Waals surface area contributed by atoms with E-state index in [1.807, 2.05) is 64.1 Å². The van der Waals surface area contributed by atoms with Crippen molar-refractivity contribution in [3.63, 3.8) is 0 Å². The van der Waals surface area contributed by atoms with Gasteiger partial charge in [-0.1, -0.05) is 25.3 Å². The maximum atomic E-state index is 12.7. The number of aromatic amines is 4. The van der Waals surface area contributed by atoms with Crippen molar-refractivity contribution in [3.8, 4) is 0 Å². The Balaban J connectivity index is 1.17. The summed E-state index contributed by atoms with van der Waals surface area (Å²) in [7, 11) is 5.56. The summed E-state index contributed by atoms with van der Waals surface area (Å²) in [6, 6.07) is 16.4. The summed E-state index contributed by atoms with van der Waals surface area (Å²) < 4.78 is 27.7. The Morgan fingerprint density at radius 2 is 0.640 bits per heavy atom. The molecule has 17 heteroatoms. The quantitative estimate of drug-likeness (QED) is 0.0464. The third-order valence-electron chi connectivity index (χ3n) is 18.1. The predicted molar refractivity (Wildman–Crippen MR) is 354 cm³/mol. The molecule has 460 valence electrons. The summed E-state index contributed by atoms with van der Waals surface area (Å²) >= 11 is 0. The van der Waals surface area contributed by atoms with Crippen molar-refractivity contribution in [1.29, 1.82) is 0 Å². The first kappa shape index (κ1) is 62.6. The van der Waals surface area contributed by atoms with Gasteiger partial charge in [0.15, 0.2) is 0 Å². The number of methoxy groups -OCH3 is 4. The summed E-state index contributed by atoms with van der Waals surface area (Å²) in [5.74, 6) is -1.30. The number of H-pyrrole nitrogens is 4. The molecule has 17 nitrogen and oxygen atoms in total. The molecule has 89 heavy (non-hydrogen) atoms. The molecule has 0 saturated carbocycles. The maximum Gasteiger partial charge on any atom is 0.305 e. The molecule has 0 fully saturated rings. The fourth-order valence-corrected chi connectivity index (χ4v) is 12.9. The Morgan fingerprint density at radius 1 is 0.382 bits per heavy atom. The Bertz CT molecular complexity index is 4210. The molecule has 0 radical (unpaired) electrons. The average Bonchev–Trinajstić information content (AvgIpc) is 1.94. The van der Waals surface area contributed by atoms with Gasteiger partial charge in [0.1, 0.15) is 0 Å². The summed E-state index contributed by atoms with van der Waals surface area (Å²) in [4.78, 5) is 86.6. The lowest BCUT2D eigenvalue weighted by atomic mass is 9.98. The molecule has 2 atom stereocenters. The maximum absolute atomic E-state index is 12.7. The highest BCUT2D eigenvalue weighted by Gasteiger charge is 2.28. The van der Waals surface area contributed by atoms with E-state index in [1.165, 1.54) is 28.4 Å². The van der Waals surface area contributed by atoms with E-state index in [0.29, 0.717) is 48.5 Å². The van der Waals surface area contributed by atoms with Gasteiger partial charge in [-0.25, -0.2) is 19.9 Å². The molecule has 4 N–H and O–H groups in total. The van der Waals surface area contributed by atoms with E-state index in [4.69, 9.17) is 43.6 Å². The van der Waals surface area contributed by atoms with E-state index in [9.17, 15) is 19.2 Å². The van der Waals surface area contributed by atoms with Crippen molar-refractivity contribution in [3.05, 3.63) is 152 Å². The van der Waals surface area contributed by atoms with Crippen LogP contribution in [-0.4, -0.2) is 92.2 Å². The van der Waals surface area contributed by atoms with Gasteiger partial charge in [0.25, 0.3) is 0 Å². The topological polar surface area (TPSA) is 229 Å². The number of hydrogen-bond acceptors (Lipinski definition) is 13. The molecule has 6 aromatic heterocycles. The number of fused-ring (bicyclic) bond motifs is 16. The Hall–Kier alpha value is -9.48. The monoisotopic (exact) mass is 1200 g/mol. The lowest BCUT2D eigenvalue weighted by Crippen LogP contribution is -2.06. The average molecular weight is 1200 g/mol. The van der Waals surface area contributed by atoms with Crippen LogP contribution in [0.15, 0.2) is 61.7 Å². The molecule has 0 aliphatic carbocycles. The van der Waals surface area contributed by atoms with Gasteiger partial charge in [0.05, 0.1) is 86.2 Å². The Labute approximate surface area is 518 Å². The fourth-order valence-electron chi connectivity index (χ4n) is 12.9. The molecule has 16 bridgehead atoms. The molecule has 0 aromatic carbocycles. The first-order chi connectivity index (χ1) is 42.6. The van der Waals surface area contributed by atoms with Gasteiger partial charge in [-0.05, 0) is 210 Å². The van der Waals surface area contributed by atoms with Crippen molar-refractivity contribution in [2.24, 2.45) is 0 Å². The van der Waals surface area contributed by atoms with Crippen LogP contribution in [-0.2, 0) is 42.9 Å². The molecule has 6 aromatic rings. The van der Waals surface area contributed by atoms with E-state index >= 15 is 0 Å². The summed E-state index contributed by atoms with van der Waals surface area (Å²) in [6.45, 7) is 29.1. The normalized spacial score (nSPS) is 13.9. The van der Waals surface area contributed by atoms with E-state index in [2.05, 4.69) is 98.9 Å². The van der Waals surface area contributed by atoms with Gasteiger partial charge in [0.2, 0.25) is 0 Å². The van der Waals surface area contributed by atoms with Crippen molar-refractivity contribution in [2.75, 3.05) is 28.4 Å². The van der Waals surface area contributed by atoms with E-state index < -0.39 is 12.2 Å². The third-order valence-corrected chi connectivity index (χ3v) is 18.1. The highest BCUT2D eigenvalue weighted by molar-refractivity contribution is 5.99. The first-order valence-corrected chi connectivity index (χ1v) is 30.1. The second kappa shape index (κ2) is 25.7. The number of allylic oxidation sites excluding steroid dienone is 8. The molecule has 0 amide bonds. The van der Waals surface area contributed by atoms with E-state index in [0.717, 1.165) is 156 Å². The first-order valence-electron chi connectivity index (χ1n) is 30.1. The largest absolute Gasteiger partial charge is 0.469 e. The summed E-state index contributed by atoms with van der Waals surface area (Å²) in [5.41, 5.74) is 27.2. The van der Waals surface area contributed by atoms with Crippen LogP contribution in [0.2, 0.25) is 0 Å². The molecule has 2 unspecified atom stereocenters. The molecule has 10 heterocycles. The number of nitrogens with zero attached hydrogens (tertiary/aromatic N) is 4. The number of carbonyl (C=O) groups is 4. The number of aryl methyl sites for hydroxylation is 4. The van der Waals surface area contributed by atoms with Crippen LogP contribution >= 0.6 is 0 Å². The van der Waals surface area contributed by atoms with Crippen LogP contribution in [0.1, 0.15) is 195 Å². The van der Waals surface area contributed by atoms with E-state index in [-0.39, 0.29) is 49.6 Å². The minimum absolute atomic E-state index is 0.153. The number of carbonyl (C=O) groups excluding carboxylic acids is 4. The van der Waals surface area contributed by atoms with Crippen molar-refractivity contribution < 1.29 is 42.9 Å². The lowest BCUT2D eigenvalue weighted by molar-refractivity contribution is -0.141. The van der Waals surface area contributed by atoms with Crippen molar-refractivity contribution >= 4 is 125 Å². The molecular formula is C72H78N8O9. The van der Waals surface area contributed by atoms with E-state index in [1.54, 1.807) is 0 Å². The van der Waals surface area contributed by atoms with Gasteiger partial charge in [0, 0.05) is 92.1 Å². The van der Waals surface area contributed by atoms with Crippen molar-refractivity contribution in [1.82, 2.24) is 39.9 Å². The van der Waals surface area contributed by atoms with Gasteiger partial charge in [-0.15, -0.1) is 0 Å². The van der Waals surface area contributed by atoms with Crippen molar-refractivity contribution in [2.45, 2.75) is 133 Å². The molecular weight excluding hydrogens is 1120 g/mol. The number of ether oxygens (including phenoxy) is 5. The smallest absolute Gasteiger partial charge is 0.305 e. The second-order valence-corrected chi connectivity index (χ2v) is 23.2. The zero-order valence-corrected chi connectivity index (χ0v) is 53.5. The second-order valence-electron chi connectivity index (χ2n) is 23.2. The molecule has 4 aliphatic rings. The highest BCUT2D eigenvalue weighted by Crippen LogP contribution is 2.43.